The predicted molar refractivity (Wildman–Crippen MR) is 100 cm³/mol. The second kappa shape index (κ2) is 6.64. The number of nitrogens with zero attached hydrogens (tertiary/aromatic N) is 5. The van der Waals surface area contributed by atoms with E-state index in [9.17, 15) is 14.4 Å². The standard InChI is InChI=1S/C18H16N6O3S/c1-11-6-7-15(28-11)14(25)9-23-16(26)18(2,20-17(23)27)12-4-3-5-13(8-12)24-10-19-21-22-24/h3-8,10H,9H2,1-2H3,(H,20,27)/t18-/m1/s1. The zero-order valence-corrected chi connectivity index (χ0v) is 15.9. The van der Waals surface area contributed by atoms with Gasteiger partial charge in [0.15, 0.2) is 5.78 Å². The Morgan fingerprint density at radius 3 is 2.75 bits per heavy atom. The first-order chi connectivity index (χ1) is 13.4. The van der Waals surface area contributed by atoms with Gasteiger partial charge in [-0.25, -0.2) is 9.48 Å². The highest BCUT2D eigenvalue weighted by Crippen LogP contribution is 2.30. The van der Waals surface area contributed by atoms with Crippen LogP contribution >= 0.6 is 11.3 Å². The van der Waals surface area contributed by atoms with Crippen LogP contribution in [0.1, 0.15) is 27.0 Å². The van der Waals surface area contributed by atoms with E-state index < -0.39 is 17.5 Å². The molecule has 10 heteroatoms. The van der Waals surface area contributed by atoms with Crippen molar-refractivity contribution in [2.45, 2.75) is 19.4 Å². The Morgan fingerprint density at radius 2 is 2.07 bits per heavy atom. The molecule has 0 radical (unpaired) electrons. The minimum absolute atomic E-state index is 0.270. The highest BCUT2D eigenvalue weighted by atomic mass is 32.1. The number of nitrogens with one attached hydrogen (secondary N) is 1. The molecule has 0 unspecified atom stereocenters. The molecule has 1 saturated heterocycles. The maximum atomic E-state index is 13.1. The highest BCUT2D eigenvalue weighted by Gasteiger charge is 2.49. The van der Waals surface area contributed by atoms with Crippen molar-refractivity contribution < 1.29 is 14.4 Å². The summed E-state index contributed by atoms with van der Waals surface area (Å²) in [6.07, 6.45) is 1.44. The predicted octanol–water partition coefficient (Wildman–Crippen LogP) is 1.68. The second-order valence-electron chi connectivity index (χ2n) is 6.58. The average Bonchev–Trinajstić information content (AvgIpc) is 3.40. The number of imide groups is 1. The van der Waals surface area contributed by atoms with Crippen LogP contribution < -0.4 is 5.32 Å². The van der Waals surface area contributed by atoms with Crippen molar-refractivity contribution >= 4 is 29.1 Å². The fourth-order valence-electron chi connectivity index (χ4n) is 3.08. The van der Waals surface area contributed by atoms with Crippen LogP contribution in [0.5, 0.6) is 0 Å². The van der Waals surface area contributed by atoms with Crippen LogP contribution in [0, 0.1) is 6.92 Å². The number of Topliss-reactive ketones (excluding diaryl/α,β-unsaturated/α-hetero) is 1. The van der Waals surface area contributed by atoms with Crippen LogP contribution in [0.2, 0.25) is 0 Å². The first kappa shape index (κ1) is 18.0. The zero-order valence-electron chi connectivity index (χ0n) is 15.1. The summed E-state index contributed by atoms with van der Waals surface area (Å²) in [7, 11) is 0. The molecular weight excluding hydrogens is 380 g/mol. The van der Waals surface area contributed by atoms with Gasteiger partial charge in [0.05, 0.1) is 17.1 Å². The van der Waals surface area contributed by atoms with E-state index in [0.29, 0.717) is 16.1 Å². The molecule has 142 valence electrons. The molecule has 28 heavy (non-hydrogen) atoms. The third kappa shape index (κ3) is 2.97. The van der Waals surface area contributed by atoms with E-state index in [-0.39, 0.29) is 12.3 Å². The monoisotopic (exact) mass is 396 g/mol. The fourth-order valence-corrected chi connectivity index (χ4v) is 3.88. The summed E-state index contributed by atoms with van der Waals surface area (Å²) in [5.74, 6) is -0.749. The van der Waals surface area contributed by atoms with E-state index in [1.165, 1.54) is 22.3 Å². The number of carbonyl (C=O) groups is 3. The number of tetrazole rings is 1. The first-order valence-electron chi connectivity index (χ1n) is 8.46. The van der Waals surface area contributed by atoms with E-state index in [2.05, 4.69) is 20.8 Å². The van der Waals surface area contributed by atoms with E-state index in [1.54, 1.807) is 37.3 Å². The zero-order chi connectivity index (χ0) is 19.9. The Bertz CT molecular complexity index is 1080. The maximum absolute atomic E-state index is 13.1. The van der Waals surface area contributed by atoms with Crippen molar-refractivity contribution in [1.29, 1.82) is 0 Å². The SMILES string of the molecule is Cc1ccc(C(=O)CN2C(=O)N[C@](C)(c3cccc(-n4cnnn4)c3)C2=O)s1. The molecule has 2 aromatic heterocycles. The number of carbonyl (C=O) groups excluding carboxylic acids is 3. The number of hydrogen-bond donors (Lipinski definition) is 1. The van der Waals surface area contributed by atoms with E-state index in [1.807, 2.05) is 13.0 Å². The summed E-state index contributed by atoms with van der Waals surface area (Å²) in [5, 5.41) is 13.7. The van der Waals surface area contributed by atoms with Crippen LogP contribution in [-0.2, 0) is 10.3 Å². The van der Waals surface area contributed by atoms with Crippen molar-refractivity contribution in [1.82, 2.24) is 30.4 Å². The van der Waals surface area contributed by atoms with Crippen molar-refractivity contribution in [2.24, 2.45) is 0 Å². The maximum Gasteiger partial charge on any atom is 0.325 e. The Balaban J connectivity index is 1.61. The third-order valence-corrected chi connectivity index (χ3v) is 5.67. The molecule has 0 saturated carbocycles. The van der Waals surface area contributed by atoms with Crippen LogP contribution in [0.3, 0.4) is 0 Å². The number of aromatic nitrogens is 4. The minimum atomic E-state index is -1.28. The van der Waals surface area contributed by atoms with E-state index in [0.717, 1.165) is 9.78 Å². The molecule has 0 bridgehead atoms. The molecule has 3 aromatic rings. The van der Waals surface area contributed by atoms with Crippen LogP contribution in [-0.4, -0.2) is 49.4 Å². The summed E-state index contributed by atoms with van der Waals surface area (Å²) in [5.41, 5.74) is -0.0673. The van der Waals surface area contributed by atoms with Gasteiger partial charge in [0, 0.05) is 4.88 Å². The van der Waals surface area contributed by atoms with Crippen LogP contribution in [0.15, 0.2) is 42.7 Å². The summed E-state index contributed by atoms with van der Waals surface area (Å²) >= 11 is 1.34. The quantitative estimate of drug-likeness (QED) is 0.519. The molecule has 0 spiro atoms. The lowest BCUT2D eigenvalue weighted by atomic mass is 9.91. The lowest BCUT2D eigenvalue weighted by Gasteiger charge is -2.22. The molecule has 1 aliphatic rings. The minimum Gasteiger partial charge on any atom is -0.319 e. The number of aryl methyl sites for hydroxylation is 1. The number of ketones is 1. The van der Waals surface area contributed by atoms with Gasteiger partial charge in [0.25, 0.3) is 5.91 Å². The van der Waals surface area contributed by atoms with Gasteiger partial charge >= 0.3 is 6.03 Å². The normalized spacial score (nSPS) is 19.1. The fraction of sp³-hybridized carbons (Fsp3) is 0.222. The van der Waals surface area contributed by atoms with Gasteiger partial charge in [-0.2, -0.15) is 0 Å². The smallest absolute Gasteiger partial charge is 0.319 e. The van der Waals surface area contributed by atoms with Crippen molar-refractivity contribution in [2.75, 3.05) is 6.54 Å². The number of thiophene rings is 1. The molecule has 0 aliphatic carbocycles. The Morgan fingerprint density at radius 1 is 1.25 bits per heavy atom. The molecule has 1 aliphatic heterocycles. The molecule has 1 fully saturated rings. The highest BCUT2D eigenvalue weighted by molar-refractivity contribution is 7.14. The molecule has 1 N–H and O–H groups in total. The Kier molecular flexibility index (Phi) is 4.27. The van der Waals surface area contributed by atoms with Gasteiger partial charge in [-0.15, -0.1) is 16.4 Å². The van der Waals surface area contributed by atoms with Gasteiger partial charge < -0.3 is 5.32 Å². The Labute approximate surface area is 164 Å². The molecule has 1 atom stereocenters. The average molecular weight is 396 g/mol. The van der Waals surface area contributed by atoms with Crippen molar-refractivity contribution in [3.05, 3.63) is 58.0 Å². The molecule has 4 rings (SSSR count). The third-order valence-electron chi connectivity index (χ3n) is 4.63. The summed E-state index contributed by atoms with van der Waals surface area (Å²) in [4.78, 5) is 40.5. The molecule has 9 nitrogen and oxygen atoms in total. The molecular formula is C18H16N6O3S. The number of amides is 3. The number of benzene rings is 1. The van der Waals surface area contributed by atoms with Gasteiger partial charge in [0.1, 0.15) is 11.9 Å². The lowest BCUT2D eigenvalue weighted by molar-refractivity contribution is -0.130. The summed E-state index contributed by atoms with van der Waals surface area (Å²) < 4.78 is 1.45. The summed E-state index contributed by atoms with van der Waals surface area (Å²) in [6, 6.07) is 9.93. The Hall–Kier alpha value is -3.40. The van der Waals surface area contributed by atoms with Gasteiger partial charge in [-0.3, -0.25) is 14.5 Å². The molecule has 1 aromatic carbocycles. The first-order valence-corrected chi connectivity index (χ1v) is 9.28. The summed E-state index contributed by atoms with van der Waals surface area (Å²) in [6.45, 7) is 3.21. The van der Waals surface area contributed by atoms with E-state index in [4.69, 9.17) is 0 Å². The number of urea groups is 1. The van der Waals surface area contributed by atoms with Gasteiger partial charge in [0.2, 0.25) is 0 Å². The van der Waals surface area contributed by atoms with Crippen molar-refractivity contribution in [3.63, 3.8) is 0 Å². The molecule has 3 heterocycles. The van der Waals surface area contributed by atoms with Crippen LogP contribution in [0.25, 0.3) is 5.69 Å². The molecule has 3 amide bonds. The van der Waals surface area contributed by atoms with Crippen LogP contribution in [0.4, 0.5) is 4.79 Å². The van der Waals surface area contributed by atoms with Crippen molar-refractivity contribution in [3.8, 4) is 5.69 Å². The topological polar surface area (TPSA) is 110 Å². The van der Waals surface area contributed by atoms with E-state index >= 15 is 0 Å². The van der Waals surface area contributed by atoms with Gasteiger partial charge in [-0.05, 0) is 54.1 Å². The second-order valence-corrected chi connectivity index (χ2v) is 7.87. The largest absolute Gasteiger partial charge is 0.325 e. The van der Waals surface area contributed by atoms with Gasteiger partial charge in [-0.1, -0.05) is 12.1 Å². The number of rotatable bonds is 5. The number of hydrogen-bond acceptors (Lipinski definition) is 7. The lowest BCUT2D eigenvalue weighted by Crippen LogP contribution is -2.41.